The molecule has 0 spiro atoms. The van der Waals surface area contributed by atoms with Crippen molar-refractivity contribution in [2.45, 2.75) is 38.4 Å². The minimum atomic E-state index is -0.977. The number of alkyl halides is 1. The van der Waals surface area contributed by atoms with Gasteiger partial charge in [-0.25, -0.2) is 4.39 Å². The summed E-state index contributed by atoms with van der Waals surface area (Å²) in [7, 11) is 0. The molecule has 1 amide bonds. The molecule has 0 aliphatic heterocycles. The first kappa shape index (κ1) is 15.7. The molecule has 120 valence electrons. The first-order valence-electron chi connectivity index (χ1n) is 8.15. The highest BCUT2D eigenvalue weighted by atomic mass is 19.1. The molecule has 3 atom stereocenters. The molecule has 1 N–H and O–H groups in total. The maximum absolute atomic E-state index is 13.2. The molecule has 23 heavy (non-hydrogen) atoms. The molecule has 1 fully saturated rings. The lowest BCUT2D eigenvalue weighted by molar-refractivity contribution is -0.123. The molecular weight excluding hydrogens is 289 g/mol. The first-order chi connectivity index (χ1) is 11.1. The van der Waals surface area contributed by atoms with E-state index >= 15 is 0 Å². The maximum Gasteiger partial charge on any atom is 0.226 e. The van der Waals surface area contributed by atoms with Crippen LogP contribution in [0.25, 0.3) is 0 Å². The van der Waals surface area contributed by atoms with Gasteiger partial charge in [-0.1, -0.05) is 68.4 Å². The van der Waals surface area contributed by atoms with Crippen LogP contribution in [0.4, 0.5) is 4.39 Å². The molecule has 1 aliphatic carbocycles. The van der Waals surface area contributed by atoms with E-state index in [1.807, 2.05) is 42.5 Å². The fourth-order valence-electron chi connectivity index (χ4n) is 2.76. The smallest absolute Gasteiger partial charge is 0.226 e. The predicted molar refractivity (Wildman–Crippen MR) is 90.0 cm³/mol. The molecule has 0 bridgehead atoms. The zero-order valence-electron chi connectivity index (χ0n) is 13.5. The van der Waals surface area contributed by atoms with Crippen LogP contribution in [-0.4, -0.2) is 12.1 Å². The van der Waals surface area contributed by atoms with Crippen LogP contribution in [0.3, 0.4) is 0 Å². The highest BCUT2D eigenvalue weighted by Gasteiger charge is 2.44. The largest absolute Gasteiger partial charge is 0.345 e. The summed E-state index contributed by atoms with van der Waals surface area (Å²) in [5, 5.41) is 3.01. The predicted octanol–water partition coefficient (Wildman–Crippen LogP) is 4.37. The van der Waals surface area contributed by atoms with Crippen molar-refractivity contribution in [2.75, 3.05) is 0 Å². The highest BCUT2D eigenvalue weighted by Crippen LogP contribution is 2.35. The fourth-order valence-corrected chi connectivity index (χ4v) is 2.76. The minimum absolute atomic E-state index is 0.195. The molecule has 0 saturated heterocycles. The molecule has 1 saturated carbocycles. The average Bonchev–Trinajstić information content (AvgIpc) is 3.30. The Morgan fingerprint density at radius 3 is 2.04 bits per heavy atom. The van der Waals surface area contributed by atoms with Gasteiger partial charge in [0.15, 0.2) is 0 Å². The summed E-state index contributed by atoms with van der Waals surface area (Å²) < 4.78 is 13.2. The fraction of sp³-hybridized carbons (Fsp3) is 0.350. The van der Waals surface area contributed by atoms with E-state index in [1.165, 1.54) is 5.56 Å². The van der Waals surface area contributed by atoms with Gasteiger partial charge >= 0.3 is 0 Å². The monoisotopic (exact) mass is 311 g/mol. The Balaban J connectivity index is 1.86. The molecule has 0 unspecified atom stereocenters. The van der Waals surface area contributed by atoms with E-state index in [2.05, 4.69) is 31.3 Å². The van der Waals surface area contributed by atoms with Gasteiger partial charge in [0.05, 0.1) is 12.0 Å². The Labute approximate surface area is 136 Å². The summed E-state index contributed by atoms with van der Waals surface area (Å²) in [5.41, 5.74) is 3.29. The van der Waals surface area contributed by atoms with Crippen molar-refractivity contribution in [1.29, 1.82) is 0 Å². The van der Waals surface area contributed by atoms with Gasteiger partial charge in [0, 0.05) is 0 Å². The molecule has 0 heterocycles. The van der Waals surface area contributed by atoms with Gasteiger partial charge in [0.1, 0.15) is 6.17 Å². The number of hydrogen-bond donors (Lipinski definition) is 1. The Morgan fingerprint density at radius 2 is 1.52 bits per heavy atom. The molecule has 0 aromatic heterocycles. The van der Waals surface area contributed by atoms with E-state index in [4.69, 9.17) is 0 Å². The van der Waals surface area contributed by atoms with E-state index in [9.17, 15) is 9.18 Å². The topological polar surface area (TPSA) is 29.1 Å². The summed E-state index contributed by atoms with van der Waals surface area (Å²) in [6, 6.07) is 17.9. The van der Waals surface area contributed by atoms with E-state index in [0.29, 0.717) is 12.3 Å². The van der Waals surface area contributed by atoms with Crippen LogP contribution in [0, 0.1) is 5.92 Å². The Bertz CT molecular complexity index is 666. The Kier molecular flexibility index (Phi) is 4.46. The van der Waals surface area contributed by atoms with Gasteiger partial charge in [-0.15, -0.1) is 0 Å². The number of amides is 1. The third-order valence-corrected chi connectivity index (χ3v) is 4.41. The number of halogens is 1. The van der Waals surface area contributed by atoms with E-state index in [-0.39, 0.29) is 11.9 Å². The Morgan fingerprint density at radius 1 is 1.00 bits per heavy atom. The third-order valence-electron chi connectivity index (χ3n) is 4.41. The summed E-state index contributed by atoms with van der Waals surface area (Å²) in [5.74, 6) is -0.206. The molecule has 0 radical (unpaired) electrons. The van der Waals surface area contributed by atoms with Crippen molar-refractivity contribution in [3.05, 3.63) is 71.3 Å². The summed E-state index contributed by atoms with van der Waals surface area (Å²) in [4.78, 5) is 12.2. The maximum atomic E-state index is 13.2. The highest BCUT2D eigenvalue weighted by molar-refractivity contribution is 5.82. The third kappa shape index (κ3) is 3.61. The number of carbonyl (C=O) groups excluding carboxylic acids is 1. The number of nitrogens with one attached hydrogen (secondary N) is 1. The number of benzene rings is 2. The normalized spacial score (nSPS) is 21.0. The molecule has 3 heteroatoms. The summed E-state index contributed by atoms with van der Waals surface area (Å²) in [6.45, 7) is 4.31. The second-order valence-corrected chi connectivity index (χ2v) is 6.53. The van der Waals surface area contributed by atoms with Crippen LogP contribution in [-0.2, 0) is 4.79 Å². The van der Waals surface area contributed by atoms with Gasteiger partial charge in [-0.05, 0) is 29.0 Å². The zero-order valence-corrected chi connectivity index (χ0v) is 13.5. The number of hydrogen-bond acceptors (Lipinski definition) is 1. The molecular formula is C20H22FNO. The number of rotatable bonds is 5. The lowest BCUT2D eigenvalue weighted by atomic mass is 9.95. The van der Waals surface area contributed by atoms with Crippen LogP contribution in [0.15, 0.2) is 54.6 Å². The van der Waals surface area contributed by atoms with Crippen LogP contribution >= 0.6 is 0 Å². The van der Waals surface area contributed by atoms with Crippen LogP contribution in [0.1, 0.15) is 48.9 Å². The van der Waals surface area contributed by atoms with Crippen LogP contribution < -0.4 is 5.32 Å². The average molecular weight is 311 g/mol. The first-order valence-corrected chi connectivity index (χ1v) is 8.15. The van der Waals surface area contributed by atoms with Crippen LogP contribution in [0.5, 0.6) is 0 Å². The molecule has 3 rings (SSSR count). The van der Waals surface area contributed by atoms with Crippen molar-refractivity contribution in [1.82, 2.24) is 5.32 Å². The van der Waals surface area contributed by atoms with Crippen LogP contribution in [0.2, 0.25) is 0 Å². The standard InChI is InChI=1S/C20H22FNO/c1-13(2)14-8-10-16(11-9-14)19(15-6-4-3-5-7-15)22-20(23)17-12-18(17)21/h3-11,13,17-19H,12H2,1-2H3,(H,22,23)/t17-,18-,19-/m0/s1. The number of carbonyl (C=O) groups is 1. The molecule has 2 aromatic carbocycles. The lowest BCUT2D eigenvalue weighted by Crippen LogP contribution is -2.31. The van der Waals surface area contributed by atoms with Gasteiger partial charge in [-0.3, -0.25) is 4.79 Å². The SMILES string of the molecule is CC(C)c1ccc([C@@H](NC(=O)[C@H]2C[C@@H]2F)c2ccccc2)cc1. The van der Waals surface area contributed by atoms with Crippen molar-refractivity contribution in [3.8, 4) is 0 Å². The minimum Gasteiger partial charge on any atom is -0.345 e. The van der Waals surface area contributed by atoms with Crippen molar-refractivity contribution in [2.24, 2.45) is 5.92 Å². The molecule has 1 aliphatic rings. The van der Waals surface area contributed by atoms with Gasteiger partial charge in [0.25, 0.3) is 0 Å². The zero-order chi connectivity index (χ0) is 16.4. The lowest BCUT2D eigenvalue weighted by Gasteiger charge is -2.20. The molecule has 2 nitrogen and oxygen atoms in total. The quantitative estimate of drug-likeness (QED) is 0.872. The molecule has 2 aromatic rings. The van der Waals surface area contributed by atoms with E-state index < -0.39 is 12.1 Å². The summed E-state index contributed by atoms with van der Waals surface area (Å²) in [6.07, 6.45) is -0.630. The van der Waals surface area contributed by atoms with Crippen molar-refractivity contribution in [3.63, 3.8) is 0 Å². The van der Waals surface area contributed by atoms with Gasteiger partial charge in [-0.2, -0.15) is 0 Å². The van der Waals surface area contributed by atoms with Crippen molar-refractivity contribution < 1.29 is 9.18 Å². The second kappa shape index (κ2) is 6.53. The van der Waals surface area contributed by atoms with Crippen molar-refractivity contribution >= 4 is 5.91 Å². The van der Waals surface area contributed by atoms with Gasteiger partial charge < -0.3 is 5.32 Å². The van der Waals surface area contributed by atoms with Gasteiger partial charge in [0.2, 0.25) is 5.91 Å². The van der Waals surface area contributed by atoms with E-state index in [1.54, 1.807) is 0 Å². The van der Waals surface area contributed by atoms with E-state index in [0.717, 1.165) is 11.1 Å². The Hall–Kier alpha value is -2.16. The second-order valence-electron chi connectivity index (χ2n) is 6.53. The summed E-state index contributed by atoms with van der Waals surface area (Å²) >= 11 is 0.